The Morgan fingerprint density at radius 3 is 2.63 bits per heavy atom. The molecule has 1 rings (SSSR count). The standard InChI is InChI=1S/C13H23NO5/c1-3-5-8-19-11(16)13(4-2)7-6-10(15)9-14(13)12(17)18/h10,15H,3-9H2,1-2H3,(H,17,18). The summed E-state index contributed by atoms with van der Waals surface area (Å²) in [5.74, 6) is -0.488. The van der Waals surface area contributed by atoms with E-state index >= 15 is 0 Å². The minimum absolute atomic E-state index is 0.0357. The maximum Gasteiger partial charge on any atom is 0.408 e. The summed E-state index contributed by atoms with van der Waals surface area (Å²) in [6.45, 7) is 4.04. The first-order chi connectivity index (χ1) is 8.97. The second kappa shape index (κ2) is 6.75. The third-order valence-corrected chi connectivity index (χ3v) is 3.73. The molecule has 19 heavy (non-hydrogen) atoms. The van der Waals surface area contributed by atoms with Gasteiger partial charge in [-0.05, 0) is 25.7 Å². The van der Waals surface area contributed by atoms with E-state index in [1.165, 1.54) is 0 Å². The lowest BCUT2D eigenvalue weighted by atomic mass is 9.83. The number of ether oxygens (including phenoxy) is 1. The highest BCUT2D eigenvalue weighted by molar-refractivity contribution is 5.85. The van der Waals surface area contributed by atoms with Crippen molar-refractivity contribution in [2.75, 3.05) is 13.2 Å². The number of piperidine rings is 1. The highest BCUT2D eigenvalue weighted by Gasteiger charge is 2.49. The molecule has 1 aliphatic rings. The fraction of sp³-hybridized carbons (Fsp3) is 0.846. The monoisotopic (exact) mass is 273 g/mol. The van der Waals surface area contributed by atoms with Gasteiger partial charge in [-0.25, -0.2) is 9.59 Å². The first kappa shape index (κ1) is 15.8. The molecule has 0 aromatic rings. The number of nitrogens with zero attached hydrogens (tertiary/aromatic N) is 1. The number of unbranched alkanes of at least 4 members (excludes halogenated alkanes) is 1. The Morgan fingerprint density at radius 2 is 2.11 bits per heavy atom. The zero-order valence-corrected chi connectivity index (χ0v) is 11.6. The Balaban J connectivity index is 2.85. The minimum atomic E-state index is -1.19. The Kier molecular flexibility index (Phi) is 5.60. The van der Waals surface area contributed by atoms with Gasteiger partial charge in [0.2, 0.25) is 0 Å². The van der Waals surface area contributed by atoms with Gasteiger partial charge in [-0.2, -0.15) is 0 Å². The highest BCUT2D eigenvalue weighted by Crippen LogP contribution is 2.33. The van der Waals surface area contributed by atoms with Crippen LogP contribution in [0, 0.1) is 0 Å². The van der Waals surface area contributed by atoms with Gasteiger partial charge in [0.1, 0.15) is 5.54 Å². The largest absolute Gasteiger partial charge is 0.465 e. The van der Waals surface area contributed by atoms with E-state index in [4.69, 9.17) is 4.74 Å². The summed E-state index contributed by atoms with van der Waals surface area (Å²) >= 11 is 0. The SMILES string of the molecule is CCCCOC(=O)C1(CC)CCC(O)CN1C(=O)O. The molecule has 1 saturated heterocycles. The quantitative estimate of drug-likeness (QED) is 0.587. The molecule has 0 radical (unpaired) electrons. The molecule has 2 unspecified atom stereocenters. The van der Waals surface area contributed by atoms with Gasteiger partial charge in [0.05, 0.1) is 19.3 Å². The fourth-order valence-electron chi connectivity index (χ4n) is 2.45. The number of esters is 1. The van der Waals surface area contributed by atoms with Crippen LogP contribution in [0.4, 0.5) is 4.79 Å². The molecule has 110 valence electrons. The lowest BCUT2D eigenvalue weighted by Gasteiger charge is -2.44. The number of carbonyl (C=O) groups excluding carboxylic acids is 1. The number of amides is 1. The first-order valence-corrected chi connectivity index (χ1v) is 6.83. The van der Waals surface area contributed by atoms with Gasteiger partial charge in [-0.15, -0.1) is 0 Å². The smallest absolute Gasteiger partial charge is 0.408 e. The number of hydrogen-bond acceptors (Lipinski definition) is 4. The van der Waals surface area contributed by atoms with E-state index in [1.54, 1.807) is 6.92 Å². The van der Waals surface area contributed by atoms with Crippen LogP contribution < -0.4 is 0 Å². The van der Waals surface area contributed by atoms with E-state index in [-0.39, 0.29) is 6.54 Å². The van der Waals surface area contributed by atoms with Gasteiger partial charge in [-0.3, -0.25) is 4.90 Å². The van der Waals surface area contributed by atoms with Crippen molar-refractivity contribution >= 4 is 12.1 Å². The molecule has 0 saturated carbocycles. The molecule has 2 N–H and O–H groups in total. The molecule has 2 atom stereocenters. The molecule has 6 nitrogen and oxygen atoms in total. The van der Waals surface area contributed by atoms with Gasteiger partial charge in [0.25, 0.3) is 0 Å². The van der Waals surface area contributed by atoms with E-state index in [2.05, 4.69) is 0 Å². The van der Waals surface area contributed by atoms with Gasteiger partial charge >= 0.3 is 12.1 Å². The van der Waals surface area contributed by atoms with Crippen molar-refractivity contribution in [1.82, 2.24) is 4.90 Å². The van der Waals surface area contributed by atoms with Crippen molar-refractivity contribution < 1.29 is 24.5 Å². The second-order valence-electron chi connectivity index (χ2n) is 4.96. The van der Waals surface area contributed by atoms with E-state index < -0.39 is 23.7 Å². The van der Waals surface area contributed by atoms with Gasteiger partial charge in [0, 0.05) is 0 Å². The summed E-state index contributed by atoms with van der Waals surface area (Å²) in [7, 11) is 0. The summed E-state index contributed by atoms with van der Waals surface area (Å²) in [6.07, 6.45) is 0.862. The summed E-state index contributed by atoms with van der Waals surface area (Å²) in [5, 5.41) is 18.8. The second-order valence-corrected chi connectivity index (χ2v) is 4.96. The van der Waals surface area contributed by atoms with Gasteiger partial charge < -0.3 is 14.9 Å². The van der Waals surface area contributed by atoms with Crippen LogP contribution in [0.25, 0.3) is 0 Å². The number of likely N-dealkylation sites (tertiary alicyclic amines) is 1. The lowest BCUT2D eigenvalue weighted by Crippen LogP contribution is -2.62. The average molecular weight is 273 g/mol. The molecule has 0 aliphatic carbocycles. The van der Waals surface area contributed by atoms with Crippen LogP contribution in [0.2, 0.25) is 0 Å². The summed E-state index contributed by atoms with van der Waals surface area (Å²) in [6, 6.07) is 0. The zero-order valence-electron chi connectivity index (χ0n) is 11.6. The van der Waals surface area contributed by atoms with E-state index in [9.17, 15) is 19.8 Å². The number of carbonyl (C=O) groups is 2. The molecule has 0 aromatic heterocycles. The van der Waals surface area contributed by atoms with Crippen molar-refractivity contribution in [1.29, 1.82) is 0 Å². The van der Waals surface area contributed by atoms with E-state index in [0.717, 1.165) is 17.7 Å². The van der Waals surface area contributed by atoms with Crippen molar-refractivity contribution in [3.63, 3.8) is 0 Å². The molecular formula is C13H23NO5. The highest BCUT2D eigenvalue weighted by atomic mass is 16.5. The average Bonchev–Trinajstić information content (AvgIpc) is 2.39. The third-order valence-electron chi connectivity index (χ3n) is 3.73. The van der Waals surface area contributed by atoms with E-state index in [0.29, 0.717) is 25.9 Å². The van der Waals surface area contributed by atoms with Crippen LogP contribution in [0.15, 0.2) is 0 Å². The topological polar surface area (TPSA) is 87.1 Å². The van der Waals surface area contributed by atoms with Crippen LogP contribution in [-0.2, 0) is 9.53 Å². The third kappa shape index (κ3) is 3.37. The van der Waals surface area contributed by atoms with E-state index in [1.807, 2.05) is 6.92 Å². The Labute approximate surface area is 113 Å². The molecule has 1 amide bonds. The molecule has 6 heteroatoms. The summed E-state index contributed by atoms with van der Waals surface area (Å²) < 4.78 is 5.21. The summed E-state index contributed by atoms with van der Waals surface area (Å²) in [4.78, 5) is 24.6. The Bertz CT molecular complexity index is 333. The molecule has 0 bridgehead atoms. The number of aliphatic hydroxyl groups is 1. The number of rotatable bonds is 5. The molecule has 1 aliphatic heterocycles. The van der Waals surface area contributed by atoms with Crippen LogP contribution in [0.5, 0.6) is 0 Å². The van der Waals surface area contributed by atoms with Crippen LogP contribution >= 0.6 is 0 Å². The number of carboxylic acid groups (broad SMARTS) is 1. The predicted molar refractivity (Wildman–Crippen MR) is 68.9 cm³/mol. The Hall–Kier alpha value is -1.30. The molecule has 1 heterocycles. The molecule has 1 fully saturated rings. The number of hydrogen-bond donors (Lipinski definition) is 2. The maximum atomic E-state index is 12.2. The molecular weight excluding hydrogens is 250 g/mol. The van der Waals surface area contributed by atoms with Crippen LogP contribution in [0.3, 0.4) is 0 Å². The first-order valence-electron chi connectivity index (χ1n) is 6.83. The predicted octanol–water partition coefficient (Wildman–Crippen LogP) is 1.61. The van der Waals surface area contributed by atoms with Crippen molar-refractivity contribution in [3.8, 4) is 0 Å². The number of aliphatic hydroxyl groups excluding tert-OH is 1. The van der Waals surface area contributed by atoms with Crippen LogP contribution in [-0.4, -0.2) is 52.0 Å². The van der Waals surface area contributed by atoms with Crippen molar-refractivity contribution in [3.05, 3.63) is 0 Å². The Morgan fingerprint density at radius 1 is 1.42 bits per heavy atom. The maximum absolute atomic E-state index is 12.2. The van der Waals surface area contributed by atoms with Gasteiger partial charge in [-0.1, -0.05) is 20.3 Å². The normalized spacial score (nSPS) is 27.1. The number of β-amino-alcohol motifs (C(OH)–C–C–N with tert-alkyl or cyclic N) is 1. The zero-order chi connectivity index (χ0) is 14.5. The van der Waals surface area contributed by atoms with Crippen molar-refractivity contribution in [2.45, 2.75) is 57.6 Å². The van der Waals surface area contributed by atoms with Crippen molar-refractivity contribution in [2.24, 2.45) is 0 Å². The van der Waals surface area contributed by atoms with Crippen LogP contribution in [0.1, 0.15) is 46.0 Å². The molecule has 0 aromatic carbocycles. The minimum Gasteiger partial charge on any atom is -0.465 e. The fourth-order valence-corrected chi connectivity index (χ4v) is 2.45. The van der Waals surface area contributed by atoms with Gasteiger partial charge in [0.15, 0.2) is 0 Å². The molecule has 0 spiro atoms. The summed E-state index contributed by atoms with van der Waals surface area (Å²) in [5.41, 5.74) is -1.14. The lowest BCUT2D eigenvalue weighted by molar-refractivity contribution is -0.162.